The second-order valence-corrected chi connectivity index (χ2v) is 5.49. The predicted molar refractivity (Wildman–Crippen MR) is 61.8 cm³/mol. The molecule has 3 unspecified atom stereocenters. The van der Waals surface area contributed by atoms with Gasteiger partial charge in [0.25, 0.3) is 0 Å². The lowest BCUT2D eigenvalue weighted by atomic mass is 9.98. The van der Waals surface area contributed by atoms with Crippen molar-refractivity contribution in [2.24, 2.45) is 5.92 Å². The molecule has 2 bridgehead atoms. The maximum absolute atomic E-state index is 9.06. The average Bonchev–Trinajstić information content (AvgIpc) is 2.57. The van der Waals surface area contributed by atoms with Crippen LogP contribution in [0.25, 0.3) is 0 Å². The minimum absolute atomic E-state index is 0.308. The number of piperidine rings is 1. The van der Waals surface area contributed by atoms with Gasteiger partial charge in [-0.15, -0.1) is 0 Å². The Morgan fingerprint density at radius 2 is 1.93 bits per heavy atom. The summed E-state index contributed by atoms with van der Waals surface area (Å²) in [5.41, 5.74) is 0. The van der Waals surface area contributed by atoms with Gasteiger partial charge in [-0.05, 0) is 38.6 Å². The Morgan fingerprint density at radius 1 is 1.33 bits per heavy atom. The molecule has 2 aliphatic rings. The summed E-state index contributed by atoms with van der Waals surface area (Å²) in [6.07, 6.45) is 5.32. The highest BCUT2D eigenvalue weighted by atomic mass is 16.3. The molecule has 2 heterocycles. The van der Waals surface area contributed by atoms with E-state index in [0.29, 0.717) is 12.5 Å². The van der Waals surface area contributed by atoms with Crippen LogP contribution >= 0.6 is 0 Å². The highest BCUT2D eigenvalue weighted by molar-refractivity contribution is 4.95. The molecule has 15 heavy (non-hydrogen) atoms. The van der Waals surface area contributed by atoms with E-state index in [9.17, 15) is 0 Å². The lowest BCUT2D eigenvalue weighted by Crippen LogP contribution is -2.48. The van der Waals surface area contributed by atoms with E-state index in [-0.39, 0.29) is 0 Å². The van der Waals surface area contributed by atoms with Crippen molar-refractivity contribution in [3.63, 3.8) is 0 Å². The summed E-state index contributed by atoms with van der Waals surface area (Å²) in [5.74, 6) is 0.405. The second-order valence-electron chi connectivity index (χ2n) is 5.49. The topological polar surface area (TPSA) is 35.5 Å². The zero-order chi connectivity index (χ0) is 10.8. The molecule has 2 fully saturated rings. The number of rotatable bonds is 4. The molecule has 0 spiro atoms. The Morgan fingerprint density at radius 3 is 2.47 bits per heavy atom. The van der Waals surface area contributed by atoms with Crippen LogP contribution in [-0.2, 0) is 0 Å². The van der Waals surface area contributed by atoms with Crippen LogP contribution in [0.4, 0.5) is 0 Å². The van der Waals surface area contributed by atoms with E-state index in [1.165, 1.54) is 25.7 Å². The van der Waals surface area contributed by atoms with E-state index < -0.39 is 0 Å². The van der Waals surface area contributed by atoms with Gasteiger partial charge >= 0.3 is 0 Å². The van der Waals surface area contributed by atoms with E-state index in [2.05, 4.69) is 24.2 Å². The molecule has 2 N–H and O–H groups in total. The molecule has 88 valence electrons. The van der Waals surface area contributed by atoms with Gasteiger partial charge in [-0.1, -0.05) is 6.92 Å². The van der Waals surface area contributed by atoms with E-state index in [1.807, 2.05) is 0 Å². The molecule has 0 aromatic heterocycles. The molecule has 0 amide bonds. The minimum atomic E-state index is 0.308. The van der Waals surface area contributed by atoms with Crippen LogP contribution in [0.5, 0.6) is 0 Å². The molecule has 0 aliphatic carbocycles. The van der Waals surface area contributed by atoms with Crippen LogP contribution in [0, 0.1) is 5.92 Å². The Kier molecular flexibility index (Phi) is 3.65. The maximum atomic E-state index is 9.06. The molecular formula is C12H24N2O. The first-order valence-corrected chi connectivity index (χ1v) is 6.26. The molecule has 0 radical (unpaired) electrons. The Labute approximate surface area is 92.8 Å². The summed E-state index contributed by atoms with van der Waals surface area (Å²) in [5, 5.41) is 12.7. The number of hydrogen-bond acceptors (Lipinski definition) is 3. The van der Waals surface area contributed by atoms with Crippen molar-refractivity contribution in [2.45, 2.75) is 50.7 Å². The van der Waals surface area contributed by atoms with Crippen molar-refractivity contribution >= 4 is 0 Å². The molecule has 0 saturated carbocycles. The van der Waals surface area contributed by atoms with Crippen LogP contribution < -0.4 is 5.32 Å². The SMILES string of the molecule is CC(CO)CN(C)C1CC2CCC(C1)N2. The number of nitrogens with one attached hydrogen (secondary N) is 1. The van der Waals surface area contributed by atoms with E-state index in [1.54, 1.807) is 0 Å². The number of aliphatic hydroxyl groups is 1. The summed E-state index contributed by atoms with van der Waals surface area (Å²) >= 11 is 0. The minimum Gasteiger partial charge on any atom is -0.396 e. The Bertz CT molecular complexity index is 198. The summed E-state index contributed by atoms with van der Waals surface area (Å²) in [6, 6.07) is 2.26. The molecule has 2 rings (SSSR count). The second kappa shape index (κ2) is 4.81. The monoisotopic (exact) mass is 212 g/mol. The third-order valence-corrected chi connectivity index (χ3v) is 3.98. The zero-order valence-electron chi connectivity index (χ0n) is 9.95. The van der Waals surface area contributed by atoms with Crippen molar-refractivity contribution in [3.8, 4) is 0 Å². The van der Waals surface area contributed by atoms with Gasteiger partial charge in [0, 0.05) is 31.3 Å². The highest BCUT2D eigenvalue weighted by Gasteiger charge is 2.35. The summed E-state index contributed by atoms with van der Waals surface area (Å²) in [7, 11) is 2.21. The number of aliphatic hydroxyl groups excluding tert-OH is 1. The number of fused-ring (bicyclic) bond motifs is 2. The first-order chi connectivity index (χ1) is 7.19. The van der Waals surface area contributed by atoms with Gasteiger partial charge in [-0.25, -0.2) is 0 Å². The largest absolute Gasteiger partial charge is 0.396 e. The third kappa shape index (κ3) is 2.71. The zero-order valence-corrected chi connectivity index (χ0v) is 9.95. The van der Waals surface area contributed by atoms with Crippen LogP contribution in [0.2, 0.25) is 0 Å². The fraction of sp³-hybridized carbons (Fsp3) is 1.00. The molecular weight excluding hydrogens is 188 g/mol. The fourth-order valence-electron chi connectivity index (χ4n) is 3.09. The molecule has 3 heteroatoms. The standard InChI is InChI=1S/C12H24N2O/c1-9(8-15)7-14(2)12-5-10-3-4-11(6-12)13-10/h9-13,15H,3-8H2,1-2H3. The first-order valence-electron chi connectivity index (χ1n) is 6.26. The van der Waals surface area contributed by atoms with Crippen molar-refractivity contribution in [3.05, 3.63) is 0 Å². The quantitative estimate of drug-likeness (QED) is 0.724. The van der Waals surface area contributed by atoms with Gasteiger partial charge in [0.2, 0.25) is 0 Å². The van der Waals surface area contributed by atoms with Crippen molar-refractivity contribution < 1.29 is 5.11 Å². The van der Waals surface area contributed by atoms with Crippen LogP contribution in [0.1, 0.15) is 32.6 Å². The number of nitrogens with zero attached hydrogens (tertiary/aromatic N) is 1. The van der Waals surface area contributed by atoms with Crippen molar-refractivity contribution in [1.29, 1.82) is 0 Å². The van der Waals surface area contributed by atoms with Crippen LogP contribution in [-0.4, -0.2) is 48.3 Å². The fourth-order valence-corrected chi connectivity index (χ4v) is 3.09. The van der Waals surface area contributed by atoms with Gasteiger partial charge in [0.1, 0.15) is 0 Å². The maximum Gasteiger partial charge on any atom is 0.0468 e. The van der Waals surface area contributed by atoms with Crippen LogP contribution in [0.3, 0.4) is 0 Å². The average molecular weight is 212 g/mol. The summed E-state index contributed by atoms with van der Waals surface area (Å²) in [4.78, 5) is 2.45. The van der Waals surface area contributed by atoms with E-state index in [0.717, 1.165) is 24.7 Å². The Hall–Kier alpha value is -0.120. The van der Waals surface area contributed by atoms with E-state index >= 15 is 0 Å². The smallest absolute Gasteiger partial charge is 0.0468 e. The lowest BCUT2D eigenvalue weighted by molar-refractivity contribution is 0.129. The highest BCUT2D eigenvalue weighted by Crippen LogP contribution is 2.29. The van der Waals surface area contributed by atoms with E-state index in [4.69, 9.17) is 5.11 Å². The van der Waals surface area contributed by atoms with Gasteiger partial charge < -0.3 is 15.3 Å². The van der Waals surface area contributed by atoms with Crippen molar-refractivity contribution in [1.82, 2.24) is 10.2 Å². The summed E-state index contributed by atoms with van der Waals surface area (Å²) < 4.78 is 0. The predicted octanol–water partition coefficient (Wildman–Crippen LogP) is 0.830. The molecule has 0 aromatic rings. The lowest BCUT2D eigenvalue weighted by Gasteiger charge is -2.36. The summed E-state index contributed by atoms with van der Waals surface area (Å²) in [6.45, 7) is 3.45. The number of hydrogen-bond donors (Lipinski definition) is 2. The van der Waals surface area contributed by atoms with Gasteiger partial charge in [-0.2, -0.15) is 0 Å². The Balaban J connectivity index is 1.83. The first kappa shape index (κ1) is 11.4. The normalized spacial score (nSPS) is 37.2. The van der Waals surface area contributed by atoms with Gasteiger partial charge in [0.05, 0.1) is 0 Å². The van der Waals surface area contributed by atoms with Crippen LogP contribution in [0.15, 0.2) is 0 Å². The van der Waals surface area contributed by atoms with Gasteiger partial charge in [0.15, 0.2) is 0 Å². The van der Waals surface area contributed by atoms with Crippen molar-refractivity contribution in [2.75, 3.05) is 20.2 Å². The molecule has 3 atom stereocenters. The molecule has 0 aromatic carbocycles. The van der Waals surface area contributed by atoms with Gasteiger partial charge in [-0.3, -0.25) is 0 Å². The third-order valence-electron chi connectivity index (χ3n) is 3.98. The molecule has 2 aliphatic heterocycles. The molecule has 2 saturated heterocycles. The molecule has 3 nitrogen and oxygen atoms in total.